The Morgan fingerprint density at radius 2 is 1.48 bits per heavy atom. The number of rotatable bonds is 25. The quantitative estimate of drug-likeness (QED) is 0.0559. The molecule has 0 heterocycles. The van der Waals surface area contributed by atoms with E-state index in [-0.39, 0.29) is 11.9 Å². The zero-order valence-corrected chi connectivity index (χ0v) is 27.1. The van der Waals surface area contributed by atoms with Gasteiger partial charge in [-0.25, -0.2) is 4.79 Å². The van der Waals surface area contributed by atoms with Crippen molar-refractivity contribution < 1.29 is 28.5 Å². The summed E-state index contributed by atoms with van der Waals surface area (Å²) >= 11 is 0. The number of benzene rings is 1. The van der Waals surface area contributed by atoms with E-state index >= 15 is 0 Å². The van der Waals surface area contributed by atoms with Gasteiger partial charge in [0, 0.05) is 43.6 Å². The molecule has 0 saturated carbocycles. The Morgan fingerprint density at radius 3 is 2.17 bits per heavy atom. The molecule has 42 heavy (non-hydrogen) atoms. The second-order valence-electron chi connectivity index (χ2n) is 9.37. The molecule has 3 amide bonds. The van der Waals surface area contributed by atoms with Crippen LogP contribution in [0.25, 0.3) is 0 Å². The Hall–Kier alpha value is -1.98. The van der Waals surface area contributed by atoms with Gasteiger partial charge in [0.25, 0.3) is 0 Å². The zero-order valence-electron chi connectivity index (χ0n) is 25.5. The fourth-order valence-corrected chi connectivity index (χ4v) is 4.93. The van der Waals surface area contributed by atoms with Crippen molar-refractivity contribution in [2.24, 2.45) is 0 Å². The van der Waals surface area contributed by atoms with Gasteiger partial charge in [-0.2, -0.15) is 0 Å². The van der Waals surface area contributed by atoms with Gasteiger partial charge in [-0.3, -0.25) is 4.79 Å². The number of carbonyl (C=O) groups excluding carboxylic acids is 2. The van der Waals surface area contributed by atoms with Crippen molar-refractivity contribution in [3.05, 3.63) is 29.8 Å². The fourth-order valence-electron chi connectivity index (χ4n) is 3.23. The minimum atomic E-state index is -0.189. The maximum absolute atomic E-state index is 12.2. The lowest BCUT2D eigenvalue weighted by molar-refractivity contribution is -0.120. The van der Waals surface area contributed by atoms with E-state index in [1.165, 1.54) is 0 Å². The van der Waals surface area contributed by atoms with E-state index < -0.39 is 0 Å². The summed E-state index contributed by atoms with van der Waals surface area (Å²) in [4.78, 5) is 24.9. The number of hydrogen-bond donors (Lipinski definition) is 4. The van der Waals surface area contributed by atoms with Gasteiger partial charge in [0.2, 0.25) is 5.91 Å². The standard InChI is InChI=1S/C30H50N4O6S2/c1-4-5-6-13-33-30(36)34-14-7-8-17-40-25-41-42-28-11-9-27(10-12-28)24-29(35)32-16-19-38-21-23-39-22-20-37-18-15-31-26(2)3/h9-12,26,31H,4,7-8,13-25H2,1-3H3,(H,32,35)(H2,33,34,36). The number of amides is 3. The first-order valence-corrected chi connectivity index (χ1v) is 17.0. The maximum atomic E-state index is 12.2. The molecule has 0 aliphatic rings. The molecule has 0 bridgehead atoms. The Morgan fingerprint density at radius 1 is 0.786 bits per heavy atom. The summed E-state index contributed by atoms with van der Waals surface area (Å²) in [5.74, 6) is 6.33. The van der Waals surface area contributed by atoms with Gasteiger partial charge in [-0.15, -0.1) is 5.92 Å². The average Bonchev–Trinajstić information content (AvgIpc) is 2.97. The Labute approximate surface area is 260 Å². The van der Waals surface area contributed by atoms with Crippen LogP contribution < -0.4 is 21.3 Å². The molecule has 0 unspecified atom stereocenters. The van der Waals surface area contributed by atoms with Gasteiger partial charge in [0.05, 0.1) is 52.6 Å². The van der Waals surface area contributed by atoms with E-state index in [9.17, 15) is 9.59 Å². The summed E-state index contributed by atoms with van der Waals surface area (Å²) < 4.78 is 22.1. The summed E-state index contributed by atoms with van der Waals surface area (Å²) in [6.07, 6.45) is 2.86. The predicted octanol–water partition coefficient (Wildman–Crippen LogP) is 3.60. The third-order valence-corrected chi connectivity index (χ3v) is 7.39. The summed E-state index contributed by atoms with van der Waals surface area (Å²) in [6, 6.07) is 8.26. The van der Waals surface area contributed by atoms with E-state index in [1.807, 2.05) is 31.2 Å². The van der Waals surface area contributed by atoms with E-state index in [0.717, 1.165) is 36.3 Å². The van der Waals surface area contributed by atoms with Gasteiger partial charge in [0.15, 0.2) is 0 Å². The number of unbranched alkanes of at least 4 members (excludes halogenated alkanes) is 1. The first-order valence-electron chi connectivity index (χ1n) is 14.7. The summed E-state index contributed by atoms with van der Waals surface area (Å²) in [5, 5.41) is 11.7. The van der Waals surface area contributed by atoms with Crippen molar-refractivity contribution in [1.82, 2.24) is 21.3 Å². The zero-order chi connectivity index (χ0) is 30.5. The molecule has 0 radical (unpaired) electrons. The van der Waals surface area contributed by atoms with Crippen molar-refractivity contribution in [1.29, 1.82) is 0 Å². The Balaban J connectivity index is 1.94. The van der Waals surface area contributed by atoms with Gasteiger partial charge >= 0.3 is 6.03 Å². The summed E-state index contributed by atoms with van der Waals surface area (Å²) in [6.45, 7) is 12.4. The highest BCUT2D eigenvalue weighted by atomic mass is 33.1. The van der Waals surface area contributed by atoms with Crippen molar-refractivity contribution in [2.75, 3.05) is 78.4 Å². The first kappa shape index (κ1) is 38.0. The maximum Gasteiger partial charge on any atom is 0.315 e. The molecular weight excluding hydrogens is 576 g/mol. The number of urea groups is 1. The lowest BCUT2D eigenvalue weighted by atomic mass is 10.1. The van der Waals surface area contributed by atoms with Crippen molar-refractivity contribution in [3.8, 4) is 11.8 Å². The molecule has 1 aromatic rings. The van der Waals surface area contributed by atoms with E-state index in [4.69, 9.17) is 18.9 Å². The molecule has 0 aromatic heterocycles. The lowest BCUT2D eigenvalue weighted by Crippen LogP contribution is -2.36. The van der Waals surface area contributed by atoms with Crippen LogP contribution in [0.5, 0.6) is 0 Å². The SMILES string of the molecule is CCC#CCNC(=O)NCCCCOCSSc1ccc(CC(=O)NCCOCCOCCOCCNC(C)C)cc1. The van der Waals surface area contributed by atoms with Gasteiger partial charge in [-0.1, -0.05) is 60.4 Å². The second-order valence-corrected chi connectivity index (χ2v) is 11.7. The second kappa shape index (κ2) is 27.8. The van der Waals surface area contributed by atoms with Crippen molar-refractivity contribution in [3.63, 3.8) is 0 Å². The summed E-state index contributed by atoms with van der Waals surface area (Å²) in [5.41, 5.74) is 0.964. The predicted molar refractivity (Wildman–Crippen MR) is 172 cm³/mol. The largest absolute Gasteiger partial charge is 0.378 e. The van der Waals surface area contributed by atoms with Crippen LogP contribution >= 0.6 is 21.6 Å². The summed E-state index contributed by atoms with van der Waals surface area (Å²) in [7, 11) is 3.27. The van der Waals surface area contributed by atoms with E-state index in [1.54, 1.807) is 21.6 Å². The van der Waals surface area contributed by atoms with Crippen LogP contribution in [0.1, 0.15) is 45.6 Å². The average molecular weight is 627 g/mol. The molecule has 0 aliphatic carbocycles. The minimum absolute atomic E-state index is 0.0285. The lowest BCUT2D eigenvalue weighted by Gasteiger charge is -2.09. The minimum Gasteiger partial charge on any atom is -0.378 e. The first-order chi connectivity index (χ1) is 20.5. The highest BCUT2D eigenvalue weighted by molar-refractivity contribution is 8.76. The Bertz CT molecular complexity index is 881. The molecule has 1 rings (SSSR count). The van der Waals surface area contributed by atoms with Crippen LogP contribution in [-0.4, -0.2) is 96.3 Å². The van der Waals surface area contributed by atoms with Crippen LogP contribution in [0.2, 0.25) is 0 Å². The van der Waals surface area contributed by atoms with Crippen LogP contribution in [0.4, 0.5) is 4.79 Å². The monoisotopic (exact) mass is 626 g/mol. The van der Waals surface area contributed by atoms with Crippen LogP contribution in [-0.2, 0) is 30.2 Å². The number of ether oxygens (including phenoxy) is 4. The van der Waals surface area contributed by atoms with Crippen molar-refractivity contribution in [2.45, 2.75) is 57.4 Å². The third kappa shape index (κ3) is 24.6. The number of nitrogens with one attached hydrogen (secondary N) is 4. The normalized spacial score (nSPS) is 10.8. The molecule has 0 aliphatic heterocycles. The molecular formula is C30H50N4O6S2. The van der Waals surface area contributed by atoms with E-state index in [2.05, 4.69) is 47.0 Å². The van der Waals surface area contributed by atoms with Gasteiger partial charge in [0.1, 0.15) is 5.94 Å². The van der Waals surface area contributed by atoms with Crippen LogP contribution in [0.3, 0.4) is 0 Å². The molecule has 4 N–H and O–H groups in total. The van der Waals surface area contributed by atoms with Crippen molar-refractivity contribution >= 4 is 33.5 Å². The number of carbonyl (C=O) groups is 2. The molecule has 1 aromatic carbocycles. The molecule has 0 fully saturated rings. The smallest absolute Gasteiger partial charge is 0.315 e. The third-order valence-electron chi connectivity index (χ3n) is 5.33. The highest BCUT2D eigenvalue weighted by Crippen LogP contribution is 2.31. The molecule has 0 spiro atoms. The number of hydrogen-bond acceptors (Lipinski definition) is 9. The topological polar surface area (TPSA) is 119 Å². The molecule has 0 saturated heterocycles. The molecule has 12 heteroatoms. The molecule has 10 nitrogen and oxygen atoms in total. The highest BCUT2D eigenvalue weighted by Gasteiger charge is 2.04. The van der Waals surface area contributed by atoms with Crippen LogP contribution in [0, 0.1) is 11.8 Å². The molecule has 0 atom stereocenters. The van der Waals surface area contributed by atoms with Gasteiger partial charge in [-0.05, 0) is 30.5 Å². The fraction of sp³-hybridized carbons (Fsp3) is 0.667. The Kier molecular flexibility index (Phi) is 25.2. The van der Waals surface area contributed by atoms with Gasteiger partial charge < -0.3 is 40.2 Å². The molecule has 238 valence electrons. The van der Waals surface area contributed by atoms with E-state index in [0.29, 0.717) is 84.3 Å². The van der Waals surface area contributed by atoms with Crippen LogP contribution in [0.15, 0.2) is 29.2 Å².